The molecule has 1 heterocycles. The van der Waals surface area contributed by atoms with E-state index in [2.05, 4.69) is 4.74 Å². The van der Waals surface area contributed by atoms with E-state index in [1.807, 2.05) is 0 Å². The zero-order valence-electron chi connectivity index (χ0n) is 18.0. The van der Waals surface area contributed by atoms with E-state index < -0.39 is 36.8 Å². The van der Waals surface area contributed by atoms with Crippen molar-refractivity contribution < 1.29 is 41.1 Å². The molecule has 2 rings (SSSR count). The third-order valence-corrected chi connectivity index (χ3v) is 5.24. The van der Waals surface area contributed by atoms with Crippen LogP contribution in [0.2, 0.25) is 0 Å². The summed E-state index contributed by atoms with van der Waals surface area (Å²) in [4.78, 5) is 0. The summed E-state index contributed by atoms with van der Waals surface area (Å²) >= 11 is 0. The Morgan fingerprint density at radius 2 is 1.57 bits per heavy atom. The third kappa shape index (κ3) is 5.68. The minimum Gasteiger partial charge on any atom is -0.493 e. The van der Waals surface area contributed by atoms with E-state index in [4.69, 9.17) is 18.8 Å². The van der Waals surface area contributed by atoms with Gasteiger partial charge in [-0.25, -0.2) is 4.39 Å². The molecule has 0 amide bonds. The molecule has 1 aromatic rings. The molecule has 0 N–H and O–H groups in total. The lowest BCUT2D eigenvalue weighted by Gasteiger charge is -2.32. The van der Waals surface area contributed by atoms with Crippen LogP contribution >= 0.6 is 0 Å². The standard InChI is InChI=1S/C20H27BF4O5/c1-18(2)19(3,4)30-21(29-18)17(22)14(9-10-28-12-20(23,24)25)13-7-8-15(26-5)16(11-13)27-6/h7-8,11H,9-10,12H2,1-6H3. The molecule has 168 valence electrons. The number of ether oxygens (including phenoxy) is 3. The van der Waals surface area contributed by atoms with Gasteiger partial charge in [-0.05, 0) is 57.4 Å². The molecule has 0 bridgehead atoms. The van der Waals surface area contributed by atoms with Crippen LogP contribution in [0, 0.1) is 0 Å². The summed E-state index contributed by atoms with van der Waals surface area (Å²) in [6.45, 7) is 5.37. The van der Waals surface area contributed by atoms with Crippen LogP contribution in [0.5, 0.6) is 11.5 Å². The first-order chi connectivity index (χ1) is 13.8. The highest BCUT2D eigenvalue weighted by molar-refractivity contribution is 6.55. The maximum Gasteiger partial charge on any atom is 0.525 e. The first-order valence-electron chi connectivity index (χ1n) is 9.42. The van der Waals surface area contributed by atoms with Gasteiger partial charge in [-0.1, -0.05) is 6.07 Å². The maximum atomic E-state index is 15.5. The number of halogens is 4. The molecule has 10 heteroatoms. The van der Waals surface area contributed by atoms with Crippen molar-refractivity contribution in [3.8, 4) is 11.5 Å². The van der Waals surface area contributed by atoms with Crippen LogP contribution in [0.1, 0.15) is 39.7 Å². The van der Waals surface area contributed by atoms with Gasteiger partial charge in [-0.2, -0.15) is 13.2 Å². The monoisotopic (exact) mass is 434 g/mol. The quantitative estimate of drug-likeness (QED) is 0.328. The van der Waals surface area contributed by atoms with Crippen molar-refractivity contribution in [1.82, 2.24) is 0 Å². The second kappa shape index (κ2) is 9.15. The first kappa shape index (κ1) is 24.5. The van der Waals surface area contributed by atoms with Gasteiger partial charge < -0.3 is 23.5 Å². The van der Waals surface area contributed by atoms with Gasteiger partial charge in [0.25, 0.3) is 0 Å². The Morgan fingerprint density at radius 3 is 2.07 bits per heavy atom. The summed E-state index contributed by atoms with van der Waals surface area (Å²) < 4.78 is 79.3. The second-order valence-corrected chi connectivity index (χ2v) is 7.90. The van der Waals surface area contributed by atoms with Crippen molar-refractivity contribution in [3.63, 3.8) is 0 Å². The van der Waals surface area contributed by atoms with Crippen LogP contribution in [0.25, 0.3) is 5.57 Å². The van der Waals surface area contributed by atoms with Gasteiger partial charge in [0.2, 0.25) is 0 Å². The molecule has 5 nitrogen and oxygen atoms in total. The van der Waals surface area contributed by atoms with E-state index >= 15 is 4.39 Å². The Balaban J connectivity index is 2.37. The molecule has 0 unspecified atom stereocenters. The molecule has 0 atom stereocenters. The fraction of sp³-hybridized carbons (Fsp3) is 0.600. The van der Waals surface area contributed by atoms with Crippen LogP contribution in [0.15, 0.2) is 23.9 Å². The van der Waals surface area contributed by atoms with E-state index in [0.29, 0.717) is 17.1 Å². The molecule has 1 saturated heterocycles. The molecule has 30 heavy (non-hydrogen) atoms. The van der Waals surface area contributed by atoms with Crippen molar-refractivity contribution in [3.05, 3.63) is 29.5 Å². The molecule has 1 fully saturated rings. The van der Waals surface area contributed by atoms with Gasteiger partial charge in [-0.3, -0.25) is 0 Å². The molecule has 0 radical (unpaired) electrons. The SMILES string of the molecule is COc1ccc(C(CCOCC(F)(F)F)=C(F)B2OC(C)(C)C(C)(C)O2)cc1OC. The number of alkyl halides is 3. The predicted octanol–water partition coefficient (Wildman–Crippen LogP) is 4.98. The van der Waals surface area contributed by atoms with Gasteiger partial charge in [0.05, 0.1) is 32.0 Å². The highest BCUT2D eigenvalue weighted by Gasteiger charge is 2.53. The van der Waals surface area contributed by atoms with Crippen LogP contribution in [0.4, 0.5) is 17.6 Å². The third-order valence-electron chi connectivity index (χ3n) is 5.24. The summed E-state index contributed by atoms with van der Waals surface area (Å²) in [7, 11) is 1.60. The summed E-state index contributed by atoms with van der Waals surface area (Å²) in [5, 5.41) is 0. The van der Waals surface area contributed by atoms with Crippen LogP contribution in [-0.4, -0.2) is 51.9 Å². The molecular formula is C20H27BF4O5. The van der Waals surface area contributed by atoms with Gasteiger partial charge in [0, 0.05) is 0 Å². The Labute approximate surface area is 174 Å². The Kier molecular flexibility index (Phi) is 7.47. The van der Waals surface area contributed by atoms with Gasteiger partial charge in [0.15, 0.2) is 11.5 Å². The van der Waals surface area contributed by atoms with Crippen LogP contribution in [0.3, 0.4) is 0 Å². The molecule has 1 aromatic carbocycles. The van der Waals surface area contributed by atoms with Crippen molar-refractivity contribution in [2.75, 3.05) is 27.4 Å². The van der Waals surface area contributed by atoms with Gasteiger partial charge in [-0.15, -0.1) is 0 Å². The average Bonchev–Trinajstić information content (AvgIpc) is 2.87. The van der Waals surface area contributed by atoms with E-state index in [0.717, 1.165) is 0 Å². The first-order valence-corrected chi connectivity index (χ1v) is 9.42. The highest BCUT2D eigenvalue weighted by Crippen LogP contribution is 2.41. The predicted molar refractivity (Wildman–Crippen MR) is 105 cm³/mol. The molecular weight excluding hydrogens is 407 g/mol. The Morgan fingerprint density at radius 1 is 1.00 bits per heavy atom. The highest BCUT2D eigenvalue weighted by atomic mass is 19.4. The topological polar surface area (TPSA) is 46.2 Å². The molecule has 0 saturated carbocycles. The number of benzene rings is 1. The Hall–Kier alpha value is -1.78. The number of hydrogen-bond donors (Lipinski definition) is 0. The van der Waals surface area contributed by atoms with Crippen LogP contribution in [-0.2, 0) is 14.0 Å². The molecule has 0 aromatic heterocycles. The summed E-state index contributed by atoms with van der Waals surface area (Å²) in [5.74, 6) is 0.787. The lowest BCUT2D eigenvalue weighted by atomic mass is 9.81. The Bertz CT molecular complexity index is 761. The van der Waals surface area contributed by atoms with E-state index in [-0.39, 0.29) is 18.6 Å². The minimum atomic E-state index is -4.46. The second-order valence-electron chi connectivity index (χ2n) is 7.90. The lowest BCUT2D eigenvalue weighted by molar-refractivity contribution is -0.173. The number of hydrogen-bond acceptors (Lipinski definition) is 5. The number of methoxy groups -OCH3 is 2. The summed E-state index contributed by atoms with van der Waals surface area (Å²) in [5.41, 5.74) is -1.77. The average molecular weight is 434 g/mol. The van der Waals surface area contributed by atoms with Gasteiger partial charge >= 0.3 is 13.3 Å². The molecule has 1 aliphatic rings. The minimum absolute atomic E-state index is 0.108. The van der Waals surface area contributed by atoms with Crippen molar-refractivity contribution in [2.24, 2.45) is 0 Å². The maximum absolute atomic E-state index is 15.5. The van der Waals surface area contributed by atoms with Gasteiger partial charge in [0.1, 0.15) is 12.3 Å². The smallest absolute Gasteiger partial charge is 0.493 e. The summed E-state index contributed by atoms with van der Waals surface area (Å²) in [6.07, 6.45) is -4.58. The van der Waals surface area contributed by atoms with Crippen molar-refractivity contribution >= 4 is 12.7 Å². The van der Waals surface area contributed by atoms with Crippen molar-refractivity contribution in [1.29, 1.82) is 0 Å². The summed E-state index contributed by atoms with van der Waals surface area (Å²) in [6, 6.07) is 4.72. The van der Waals surface area contributed by atoms with Crippen molar-refractivity contribution in [2.45, 2.75) is 51.5 Å². The lowest BCUT2D eigenvalue weighted by Crippen LogP contribution is -2.41. The van der Waals surface area contributed by atoms with E-state index in [1.54, 1.807) is 45.9 Å². The fourth-order valence-electron chi connectivity index (χ4n) is 2.88. The molecule has 0 aliphatic carbocycles. The fourth-order valence-corrected chi connectivity index (χ4v) is 2.88. The largest absolute Gasteiger partial charge is 0.525 e. The molecule has 1 aliphatic heterocycles. The van der Waals surface area contributed by atoms with E-state index in [9.17, 15) is 13.2 Å². The zero-order chi connectivity index (χ0) is 22.7. The normalized spacial score (nSPS) is 18.9. The van der Waals surface area contributed by atoms with E-state index in [1.165, 1.54) is 14.2 Å². The zero-order valence-corrected chi connectivity index (χ0v) is 18.0. The molecule has 0 spiro atoms. The number of rotatable bonds is 8. The van der Waals surface area contributed by atoms with Crippen LogP contribution < -0.4 is 9.47 Å².